The van der Waals surface area contributed by atoms with Gasteiger partial charge in [-0.25, -0.2) is 4.98 Å². The number of piperazine rings is 1. The number of hydrogen-bond donors (Lipinski definition) is 0. The second kappa shape index (κ2) is 8.03. The lowest BCUT2D eigenvalue weighted by Gasteiger charge is -2.34. The van der Waals surface area contributed by atoms with Crippen LogP contribution in [-0.2, 0) is 0 Å². The average molecular weight is 410 g/mol. The van der Waals surface area contributed by atoms with Crippen molar-refractivity contribution in [3.8, 4) is 5.75 Å². The number of rotatable bonds is 4. The maximum absolute atomic E-state index is 12.8. The Labute approximate surface area is 175 Å². The van der Waals surface area contributed by atoms with Gasteiger partial charge in [0.25, 0.3) is 5.91 Å². The number of hydrogen-bond acceptors (Lipinski definition) is 5. The lowest BCUT2D eigenvalue weighted by atomic mass is 10.1. The minimum atomic E-state index is 0.0799. The Morgan fingerprint density at radius 2 is 1.69 bits per heavy atom. The lowest BCUT2D eigenvalue weighted by Crippen LogP contribution is -2.48. The van der Waals surface area contributed by atoms with Gasteiger partial charge >= 0.3 is 0 Å². The molecule has 1 fully saturated rings. The lowest BCUT2D eigenvalue weighted by molar-refractivity contribution is 0.0746. The summed E-state index contributed by atoms with van der Waals surface area (Å²) in [6.07, 6.45) is 0.125. The number of fused-ring (bicyclic) bond motifs is 1. The molecule has 0 atom stereocenters. The van der Waals surface area contributed by atoms with E-state index >= 15 is 0 Å². The number of nitrogens with zero attached hydrogens (tertiary/aromatic N) is 3. The van der Waals surface area contributed by atoms with Gasteiger partial charge in [0.2, 0.25) is 0 Å². The molecule has 5 nitrogen and oxygen atoms in total. The summed E-state index contributed by atoms with van der Waals surface area (Å²) in [5.41, 5.74) is 4.35. The molecule has 1 aliphatic heterocycles. The van der Waals surface area contributed by atoms with Crippen LogP contribution >= 0.6 is 11.3 Å². The molecule has 1 amide bonds. The van der Waals surface area contributed by atoms with Crippen molar-refractivity contribution in [2.24, 2.45) is 0 Å². The fraction of sp³-hybridized carbons (Fsp3) is 0.391. The van der Waals surface area contributed by atoms with Crippen LogP contribution in [0.3, 0.4) is 0 Å². The molecular formula is C23H27N3O2S. The third-order valence-corrected chi connectivity index (χ3v) is 6.38. The summed E-state index contributed by atoms with van der Waals surface area (Å²) >= 11 is 1.74. The van der Waals surface area contributed by atoms with E-state index in [2.05, 4.69) is 30.9 Å². The first kappa shape index (κ1) is 19.7. The monoisotopic (exact) mass is 409 g/mol. The van der Waals surface area contributed by atoms with Gasteiger partial charge in [0, 0.05) is 31.7 Å². The Morgan fingerprint density at radius 1 is 1.03 bits per heavy atom. The van der Waals surface area contributed by atoms with E-state index in [9.17, 15) is 4.79 Å². The topological polar surface area (TPSA) is 45.7 Å². The Hall–Kier alpha value is -2.60. The van der Waals surface area contributed by atoms with Crippen LogP contribution in [0.5, 0.6) is 5.75 Å². The second-order valence-corrected chi connectivity index (χ2v) is 8.88. The van der Waals surface area contributed by atoms with Crippen molar-refractivity contribution in [3.05, 3.63) is 53.1 Å². The number of thiazole rings is 1. The molecule has 1 aromatic heterocycles. The molecule has 29 heavy (non-hydrogen) atoms. The molecule has 0 aliphatic carbocycles. The first-order valence-corrected chi connectivity index (χ1v) is 10.9. The molecule has 0 bridgehead atoms. The summed E-state index contributed by atoms with van der Waals surface area (Å²) in [6, 6.07) is 11.8. The van der Waals surface area contributed by atoms with Gasteiger partial charge in [-0.3, -0.25) is 4.79 Å². The van der Waals surface area contributed by atoms with Crippen LogP contribution in [0.25, 0.3) is 10.2 Å². The number of aryl methyl sites for hydroxylation is 2. The van der Waals surface area contributed by atoms with Crippen LogP contribution in [0.2, 0.25) is 0 Å². The first-order valence-electron chi connectivity index (χ1n) is 10.1. The van der Waals surface area contributed by atoms with Crippen molar-refractivity contribution >= 4 is 32.6 Å². The highest BCUT2D eigenvalue weighted by atomic mass is 32.1. The summed E-state index contributed by atoms with van der Waals surface area (Å²) in [5.74, 6) is 0.874. The second-order valence-electron chi connectivity index (χ2n) is 7.87. The van der Waals surface area contributed by atoms with E-state index in [-0.39, 0.29) is 12.0 Å². The largest absolute Gasteiger partial charge is 0.491 e. The number of amides is 1. The molecule has 3 aromatic rings. The number of aromatic nitrogens is 1. The summed E-state index contributed by atoms with van der Waals surface area (Å²) < 4.78 is 6.89. The highest BCUT2D eigenvalue weighted by Crippen LogP contribution is 2.31. The van der Waals surface area contributed by atoms with Gasteiger partial charge in [0.05, 0.1) is 16.3 Å². The predicted octanol–water partition coefficient (Wildman–Crippen LogP) is 4.66. The van der Waals surface area contributed by atoms with Crippen LogP contribution in [0.1, 0.15) is 35.3 Å². The van der Waals surface area contributed by atoms with Gasteiger partial charge < -0.3 is 14.5 Å². The maximum Gasteiger partial charge on any atom is 0.253 e. The number of benzene rings is 2. The van der Waals surface area contributed by atoms with E-state index in [0.717, 1.165) is 29.5 Å². The Balaban J connectivity index is 1.40. The van der Waals surface area contributed by atoms with E-state index in [1.165, 1.54) is 15.8 Å². The molecule has 152 valence electrons. The van der Waals surface area contributed by atoms with Crippen LogP contribution in [-0.4, -0.2) is 48.1 Å². The average Bonchev–Trinajstić information content (AvgIpc) is 3.11. The fourth-order valence-corrected chi connectivity index (χ4v) is 4.63. The smallest absolute Gasteiger partial charge is 0.253 e. The quantitative estimate of drug-likeness (QED) is 0.629. The molecule has 0 radical (unpaired) electrons. The van der Waals surface area contributed by atoms with E-state index in [1.54, 1.807) is 11.3 Å². The van der Waals surface area contributed by atoms with Crippen molar-refractivity contribution in [1.29, 1.82) is 0 Å². The number of anilines is 1. The fourth-order valence-electron chi connectivity index (χ4n) is 3.53. The molecule has 2 aromatic carbocycles. The zero-order valence-corrected chi connectivity index (χ0v) is 18.3. The van der Waals surface area contributed by atoms with Gasteiger partial charge in [-0.2, -0.15) is 0 Å². The number of carbonyl (C=O) groups is 1. The maximum atomic E-state index is 12.8. The molecule has 0 saturated carbocycles. The van der Waals surface area contributed by atoms with E-state index in [1.807, 2.05) is 43.0 Å². The molecule has 2 heterocycles. The van der Waals surface area contributed by atoms with Crippen LogP contribution in [0.15, 0.2) is 36.4 Å². The predicted molar refractivity (Wildman–Crippen MR) is 119 cm³/mol. The highest BCUT2D eigenvalue weighted by Gasteiger charge is 2.24. The molecule has 6 heteroatoms. The molecule has 0 N–H and O–H groups in total. The molecule has 0 unspecified atom stereocenters. The summed E-state index contributed by atoms with van der Waals surface area (Å²) in [6.45, 7) is 11.3. The Kier molecular flexibility index (Phi) is 5.46. The summed E-state index contributed by atoms with van der Waals surface area (Å²) in [5, 5.41) is 1.05. The van der Waals surface area contributed by atoms with Gasteiger partial charge in [0.15, 0.2) is 5.13 Å². The molecule has 1 aliphatic rings. The van der Waals surface area contributed by atoms with Crippen molar-refractivity contribution in [2.75, 3.05) is 31.1 Å². The number of ether oxygens (including phenoxy) is 1. The third-order valence-electron chi connectivity index (χ3n) is 5.30. The van der Waals surface area contributed by atoms with E-state index in [4.69, 9.17) is 9.72 Å². The van der Waals surface area contributed by atoms with Gasteiger partial charge in [0.1, 0.15) is 5.75 Å². The van der Waals surface area contributed by atoms with Crippen LogP contribution in [0.4, 0.5) is 5.13 Å². The van der Waals surface area contributed by atoms with E-state index < -0.39 is 0 Å². The highest BCUT2D eigenvalue weighted by molar-refractivity contribution is 7.22. The normalized spacial score (nSPS) is 14.7. The summed E-state index contributed by atoms with van der Waals surface area (Å²) in [7, 11) is 0. The molecular weight excluding hydrogens is 382 g/mol. The van der Waals surface area contributed by atoms with Crippen molar-refractivity contribution < 1.29 is 9.53 Å². The first-order chi connectivity index (χ1) is 13.9. The number of carbonyl (C=O) groups excluding carboxylic acids is 1. The van der Waals surface area contributed by atoms with Crippen molar-refractivity contribution in [1.82, 2.24) is 9.88 Å². The van der Waals surface area contributed by atoms with Crippen molar-refractivity contribution in [3.63, 3.8) is 0 Å². The summed E-state index contributed by atoms with van der Waals surface area (Å²) in [4.78, 5) is 21.9. The van der Waals surface area contributed by atoms with Crippen molar-refractivity contribution in [2.45, 2.75) is 33.8 Å². The van der Waals surface area contributed by atoms with Gasteiger partial charge in [-0.1, -0.05) is 11.3 Å². The third kappa shape index (κ3) is 4.22. The molecule has 1 saturated heterocycles. The zero-order chi connectivity index (χ0) is 20.5. The van der Waals surface area contributed by atoms with Gasteiger partial charge in [-0.15, -0.1) is 0 Å². The Bertz CT molecular complexity index is 980. The zero-order valence-electron chi connectivity index (χ0n) is 17.4. The Morgan fingerprint density at radius 3 is 2.34 bits per heavy atom. The molecule has 0 spiro atoms. The standard InChI is InChI=1S/C23H27N3O2S/c1-15(2)28-19-7-5-18(6-8-19)22(27)25-9-11-26(12-10-25)23-24-20-13-16(3)17(4)14-21(20)29-23/h5-8,13-15H,9-12H2,1-4H3. The van der Waals surface area contributed by atoms with Gasteiger partial charge in [-0.05, 0) is 75.2 Å². The SMILES string of the molecule is Cc1cc2nc(N3CCN(C(=O)c4ccc(OC(C)C)cc4)CC3)sc2cc1C. The molecule has 4 rings (SSSR count). The van der Waals surface area contributed by atoms with Crippen LogP contribution < -0.4 is 9.64 Å². The minimum absolute atomic E-state index is 0.0799. The van der Waals surface area contributed by atoms with Crippen LogP contribution in [0, 0.1) is 13.8 Å². The van der Waals surface area contributed by atoms with E-state index in [0.29, 0.717) is 18.7 Å². The minimum Gasteiger partial charge on any atom is -0.491 e.